The van der Waals surface area contributed by atoms with Crippen molar-refractivity contribution in [2.45, 2.75) is 13.0 Å². The molecule has 1 heterocycles. The lowest BCUT2D eigenvalue weighted by molar-refractivity contribution is -0.369. The highest BCUT2D eigenvalue weighted by Gasteiger charge is 2.14. The first kappa shape index (κ1) is 8.73. The molecular weight excluding hydrogens is 160 g/mol. The molecule has 0 atom stereocenters. The molecule has 0 bridgehead atoms. The molecule has 0 aromatic heterocycles. The lowest BCUT2D eigenvalue weighted by Crippen LogP contribution is -2.55. The van der Waals surface area contributed by atoms with Gasteiger partial charge in [-0.3, -0.25) is 4.90 Å². The fraction of sp³-hybridized carbons (Fsp3) is 0.455. The van der Waals surface area contributed by atoms with E-state index in [1.54, 1.807) is 0 Å². The minimum absolute atomic E-state index is 1.02. The van der Waals surface area contributed by atoms with Crippen LogP contribution in [0.3, 0.4) is 0 Å². The van der Waals surface area contributed by atoms with Crippen LogP contribution in [0.2, 0.25) is 0 Å². The van der Waals surface area contributed by atoms with E-state index in [1.165, 1.54) is 24.1 Å². The Balaban J connectivity index is 2.11. The van der Waals surface area contributed by atoms with Crippen molar-refractivity contribution < 1.29 is 5.73 Å². The molecule has 2 rings (SSSR count). The van der Waals surface area contributed by atoms with E-state index in [0.29, 0.717) is 0 Å². The van der Waals surface area contributed by atoms with Crippen molar-refractivity contribution in [3.63, 3.8) is 0 Å². The molecule has 0 saturated carbocycles. The Hall–Kier alpha value is -0.860. The summed E-state index contributed by atoms with van der Waals surface area (Å²) in [6.07, 6.45) is 1.20. The van der Waals surface area contributed by atoms with Crippen molar-refractivity contribution in [2.75, 3.05) is 19.6 Å². The summed E-state index contributed by atoms with van der Waals surface area (Å²) in [4.78, 5) is 2.48. The van der Waals surface area contributed by atoms with Crippen LogP contribution >= 0.6 is 0 Å². The summed E-state index contributed by atoms with van der Waals surface area (Å²) in [7, 11) is 0. The maximum absolute atomic E-state index is 3.89. The van der Waals surface area contributed by atoms with Crippen LogP contribution in [0.5, 0.6) is 0 Å². The number of fused-ring (bicyclic) bond motifs is 1. The standard InChI is InChI=1S/C11H16N2/c12-6-8-13-7-5-10-3-1-2-4-11(10)9-13/h1-4H,5-9,12H2/p+1. The van der Waals surface area contributed by atoms with Crippen molar-refractivity contribution in [2.24, 2.45) is 0 Å². The normalized spacial score (nSPS) is 17.0. The summed E-state index contributed by atoms with van der Waals surface area (Å²) in [5.41, 5.74) is 6.93. The zero-order valence-electron chi connectivity index (χ0n) is 8.00. The molecule has 0 unspecified atom stereocenters. The van der Waals surface area contributed by atoms with Gasteiger partial charge in [-0.2, -0.15) is 0 Å². The van der Waals surface area contributed by atoms with Crippen molar-refractivity contribution in [3.05, 3.63) is 35.4 Å². The summed E-state index contributed by atoms with van der Waals surface area (Å²) >= 11 is 0. The Bertz CT molecular complexity index is 283. The first-order chi connectivity index (χ1) is 6.40. The molecule has 0 spiro atoms. The topological polar surface area (TPSA) is 30.9 Å². The number of quaternary nitrogens is 1. The van der Waals surface area contributed by atoms with Gasteiger partial charge in [0.2, 0.25) is 0 Å². The quantitative estimate of drug-likeness (QED) is 0.691. The van der Waals surface area contributed by atoms with E-state index < -0.39 is 0 Å². The molecule has 0 saturated heterocycles. The second-order valence-electron chi connectivity index (χ2n) is 3.65. The van der Waals surface area contributed by atoms with Gasteiger partial charge in [-0.25, -0.2) is 0 Å². The zero-order valence-corrected chi connectivity index (χ0v) is 8.00. The first-order valence-corrected chi connectivity index (χ1v) is 4.98. The maximum atomic E-state index is 3.89. The molecule has 0 fully saturated rings. The van der Waals surface area contributed by atoms with Crippen LogP contribution in [-0.4, -0.2) is 24.5 Å². The fourth-order valence-corrected chi connectivity index (χ4v) is 1.97. The van der Waals surface area contributed by atoms with Gasteiger partial charge >= 0.3 is 0 Å². The van der Waals surface area contributed by atoms with E-state index in [-0.39, 0.29) is 0 Å². The van der Waals surface area contributed by atoms with Crippen LogP contribution in [-0.2, 0) is 13.0 Å². The van der Waals surface area contributed by atoms with Gasteiger partial charge in [0.05, 0.1) is 6.54 Å². The van der Waals surface area contributed by atoms with Crippen molar-refractivity contribution >= 4 is 0 Å². The third kappa shape index (κ3) is 1.90. The van der Waals surface area contributed by atoms with Gasteiger partial charge < -0.3 is 5.73 Å². The number of hydrogen-bond acceptors (Lipinski definition) is 1. The van der Waals surface area contributed by atoms with Crippen molar-refractivity contribution in [1.29, 1.82) is 0 Å². The molecule has 1 aliphatic heterocycles. The van der Waals surface area contributed by atoms with Crippen LogP contribution < -0.4 is 5.73 Å². The van der Waals surface area contributed by atoms with Crippen molar-refractivity contribution in [3.8, 4) is 0 Å². The highest BCUT2D eigenvalue weighted by molar-refractivity contribution is 5.28. The predicted octanol–water partition coefficient (Wildman–Crippen LogP) is 0.287. The van der Waals surface area contributed by atoms with Crippen LogP contribution in [0.15, 0.2) is 24.3 Å². The smallest absolute Gasteiger partial charge is 0.0869 e. The number of hydrogen-bond donors (Lipinski definition) is 1. The van der Waals surface area contributed by atoms with Gasteiger partial charge in [0.15, 0.2) is 0 Å². The Morgan fingerprint density at radius 3 is 2.77 bits per heavy atom. The van der Waals surface area contributed by atoms with Gasteiger partial charge in [-0.1, -0.05) is 24.3 Å². The Morgan fingerprint density at radius 1 is 1.23 bits per heavy atom. The molecule has 2 heteroatoms. The number of rotatable bonds is 2. The van der Waals surface area contributed by atoms with E-state index in [2.05, 4.69) is 34.9 Å². The largest absolute Gasteiger partial charge is 0.356 e. The van der Waals surface area contributed by atoms with E-state index in [9.17, 15) is 0 Å². The van der Waals surface area contributed by atoms with Gasteiger partial charge in [-0.15, -0.1) is 0 Å². The van der Waals surface area contributed by atoms with E-state index in [1.807, 2.05) is 0 Å². The van der Waals surface area contributed by atoms with Gasteiger partial charge in [0.25, 0.3) is 0 Å². The number of benzene rings is 1. The zero-order chi connectivity index (χ0) is 9.10. The minimum atomic E-state index is 1.02. The monoisotopic (exact) mass is 177 g/mol. The average molecular weight is 177 g/mol. The lowest BCUT2D eigenvalue weighted by Gasteiger charge is -2.27. The summed E-state index contributed by atoms with van der Waals surface area (Å²) in [5, 5.41) is 0. The summed E-state index contributed by atoms with van der Waals surface area (Å²) in [6.45, 7) is 4.47. The molecule has 0 radical (unpaired) electrons. The summed E-state index contributed by atoms with van der Waals surface area (Å²) < 4.78 is 0. The molecule has 3 N–H and O–H groups in total. The highest BCUT2D eigenvalue weighted by Crippen LogP contribution is 2.17. The van der Waals surface area contributed by atoms with E-state index >= 15 is 0 Å². The predicted molar refractivity (Wildman–Crippen MR) is 53.2 cm³/mol. The van der Waals surface area contributed by atoms with Gasteiger partial charge in [0, 0.05) is 19.6 Å². The van der Waals surface area contributed by atoms with Crippen molar-refractivity contribution in [1.82, 2.24) is 4.90 Å². The summed E-state index contributed by atoms with van der Waals surface area (Å²) in [6, 6.07) is 8.75. The summed E-state index contributed by atoms with van der Waals surface area (Å²) in [5.74, 6) is 0. The average Bonchev–Trinajstić information content (AvgIpc) is 2.18. The molecule has 13 heavy (non-hydrogen) atoms. The van der Waals surface area contributed by atoms with E-state index in [0.717, 1.165) is 19.6 Å². The van der Waals surface area contributed by atoms with Crippen LogP contribution in [0.25, 0.3) is 0 Å². The molecule has 1 aromatic rings. The van der Waals surface area contributed by atoms with Gasteiger partial charge in [0.1, 0.15) is 0 Å². The molecule has 0 amide bonds. The third-order valence-corrected chi connectivity index (χ3v) is 2.68. The highest BCUT2D eigenvalue weighted by atomic mass is 15.1. The SMILES string of the molecule is [NH3+]CCN1CCc2ccccc2C1. The minimum Gasteiger partial charge on any atom is -0.356 e. The Kier molecular flexibility index (Phi) is 2.62. The molecule has 2 nitrogen and oxygen atoms in total. The van der Waals surface area contributed by atoms with Crippen LogP contribution in [0.4, 0.5) is 0 Å². The molecule has 1 aromatic carbocycles. The maximum Gasteiger partial charge on any atom is 0.0869 e. The molecule has 1 aliphatic rings. The molecule has 0 aliphatic carbocycles. The van der Waals surface area contributed by atoms with E-state index in [4.69, 9.17) is 0 Å². The Morgan fingerprint density at radius 2 is 2.00 bits per heavy atom. The molecular formula is C11H17N2+. The van der Waals surface area contributed by atoms with Gasteiger partial charge in [-0.05, 0) is 17.5 Å². The first-order valence-electron chi connectivity index (χ1n) is 4.98. The Labute approximate surface area is 79.4 Å². The number of nitrogens with zero attached hydrogens (tertiary/aromatic N) is 1. The molecule has 70 valence electrons. The third-order valence-electron chi connectivity index (χ3n) is 2.68. The van der Waals surface area contributed by atoms with Crippen LogP contribution in [0.1, 0.15) is 11.1 Å². The lowest BCUT2D eigenvalue weighted by atomic mass is 10.0. The fourth-order valence-electron chi connectivity index (χ4n) is 1.97. The second-order valence-corrected chi connectivity index (χ2v) is 3.65. The van der Waals surface area contributed by atoms with Crippen LogP contribution in [0, 0.1) is 0 Å². The second kappa shape index (κ2) is 3.90.